The highest BCUT2D eigenvalue weighted by atomic mass is 35.5. The molecule has 20 heavy (non-hydrogen) atoms. The van der Waals surface area contributed by atoms with Crippen LogP contribution in [0.25, 0.3) is 0 Å². The zero-order valence-electron chi connectivity index (χ0n) is 11.9. The molecule has 2 rings (SSSR count). The van der Waals surface area contributed by atoms with Crippen molar-refractivity contribution in [2.45, 2.75) is 26.7 Å². The highest BCUT2D eigenvalue weighted by Crippen LogP contribution is 2.18. The van der Waals surface area contributed by atoms with E-state index in [1.165, 1.54) is 5.69 Å². The summed E-state index contributed by atoms with van der Waals surface area (Å²) in [5.74, 6) is 0. The molecule has 1 unspecified atom stereocenters. The van der Waals surface area contributed by atoms with E-state index in [1.54, 1.807) is 0 Å². The standard InChI is InChI=1S/C17H20ClNO/c1-3-19(17-7-5-4-6-8-17)14(2)20-13-15-9-11-16(18)12-10-15/h4-12,14H,3,13H2,1-2H3. The van der Waals surface area contributed by atoms with Crippen molar-refractivity contribution in [1.29, 1.82) is 0 Å². The van der Waals surface area contributed by atoms with Gasteiger partial charge >= 0.3 is 0 Å². The maximum Gasteiger partial charge on any atom is 0.127 e. The minimum Gasteiger partial charge on any atom is -0.354 e. The Morgan fingerprint density at radius 2 is 1.70 bits per heavy atom. The van der Waals surface area contributed by atoms with Gasteiger partial charge < -0.3 is 9.64 Å². The van der Waals surface area contributed by atoms with E-state index in [4.69, 9.17) is 16.3 Å². The monoisotopic (exact) mass is 289 g/mol. The van der Waals surface area contributed by atoms with Gasteiger partial charge in [-0.2, -0.15) is 0 Å². The molecule has 106 valence electrons. The lowest BCUT2D eigenvalue weighted by Crippen LogP contribution is -2.34. The van der Waals surface area contributed by atoms with E-state index in [1.807, 2.05) is 42.5 Å². The molecule has 0 bridgehead atoms. The number of para-hydroxylation sites is 1. The Kier molecular flexibility index (Phi) is 5.45. The summed E-state index contributed by atoms with van der Waals surface area (Å²) in [5.41, 5.74) is 2.31. The van der Waals surface area contributed by atoms with Crippen molar-refractivity contribution in [1.82, 2.24) is 0 Å². The van der Waals surface area contributed by atoms with Crippen LogP contribution in [0.1, 0.15) is 19.4 Å². The van der Waals surface area contributed by atoms with Crippen LogP contribution in [-0.2, 0) is 11.3 Å². The normalized spacial score (nSPS) is 12.2. The van der Waals surface area contributed by atoms with Crippen molar-refractivity contribution in [3.63, 3.8) is 0 Å². The van der Waals surface area contributed by atoms with E-state index in [2.05, 4.69) is 30.9 Å². The smallest absolute Gasteiger partial charge is 0.127 e. The van der Waals surface area contributed by atoms with Gasteiger partial charge in [-0.3, -0.25) is 0 Å². The van der Waals surface area contributed by atoms with E-state index in [9.17, 15) is 0 Å². The molecule has 0 N–H and O–H groups in total. The van der Waals surface area contributed by atoms with Crippen LogP contribution in [0.3, 0.4) is 0 Å². The minimum atomic E-state index is 0.0260. The zero-order valence-corrected chi connectivity index (χ0v) is 12.7. The Balaban J connectivity index is 1.96. The molecule has 0 aromatic heterocycles. The van der Waals surface area contributed by atoms with Crippen molar-refractivity contribution in [2.24, 2.45) is 0 Å². The van der Waals surface area contributed by atoms with Crippen LogP contribution in [0.2, 0.25) is 5.02 Å². The second kappa shape index (κ2) is 7.32. The Hall–Kier alpha value is -1.51. The molecule has 2 aromatic rings. The predicted molar refractivity (Wildman–Crippen MR) is 85.2 cm³/mol. The van der Waals surface area contributed by atoms with Crippen LogP contribution in [0.5, 0.6) is 0 Å². The van der Waals surface area contributed by atoms with E-state index in [0.29, 0.717) is 6.61 Å². The lowest BCUT2D eigenvalue weighted by Gasteiger charge is -2.30. The van der Waals surface area contributed by atoms with Gasteiger partial charge in [0.25, 0.3) is 0 Å². The van der Waals surface area contributed by atoms with E-state index < -0.39 is 0 Å². The van der Waals surface area contributed by atoms with E-state index in [0.717, 1.165) is 17.1 Å². The number of ether oxygens (including phenoxy) is 1. The van der Waals surface area contributed by atoms with Gasteiger partial charge in [0, 0.05) is 17.3 Å². The maximum absolute atomic E-state index is 5.96. The van der Waals surface area contributed by atoms with Gasteiger partial charge in [-0.05, 0) is 43.7 Å². The fourth-order valence-electron chi connectivity index (χ4n) is 2.16. The third-order valence-electron chi connectivity index (χ3n) is 3.27. The number of nitrogens with zero attached hydrogens (tertiary/aromatic N) is 1. The zero-order chi connectivity index (χ0) is 14.4. The summed E-state index contributed by atoms with van der Waals surface area (Å²) < 4.78 is 5.96. The molecule has 3 heteroatoms. The highest BCUT2D eigenvalue weighted by molar-refractivity contribution is 6.30. The van der Waals surface area contributed by atoms with Gasteiger partial charge in [-0.25, -0.2) is 0 Å². The molecule has 0 aliphatic carbocycles. The highest BCUT2D eigenvalue weighted by Gasteiger charge is 2.12. The van der Waals surface area contributed by atoms with Crippen LogP contribution in [0, 0.1) is 0 Å². The number of anilines is 1. The molecule has 0 fully saturated rings. The second-order valence-electron chi connectivity index (χ2n) is 4.66. The van der Waals surface area contributed by atoms with E-state index in [-0.39, 0.29) is 6.23 Å². The molecule has 2 nitrogen and oxygen atoms in total. The first kappa shape index (κ1) is 14.9. The van der Waals surface area contributed by atoms with Crippen molar-refractivity contribution in [2.75, 3.05) is 11.4 Å². The molecule has 0 radical (unpaired) electrons. The summed E-state index contributed by atoms with van der Waals surface area (Å²) in [4.78, 5) is 2.23. The van der Waals surface area contributed by atoms with Crippen LogP contribution in [0.15, 0.2) is 54.6 Å². The van der Waals surface area contributed by atoms with Gasteiger partial charge in [0.2, 0.25) is 0 Å². The fourth-order valence-corrected chi connectivity index (χ4v) is 2.28. The summed E-state index contributed by atoms with van der Waals surface area (Å²) in [6.45, 7) is 5.70. The molecular formula is C17H20ClNO. The maximum atomic E-state index is 5.96. The quantitative estimate of drug-likeness (QED) is 0.713. The third-order valence-corrected chi connectivity index (χ3v) is 3.52. The topological polar surface area (TPSA) is 12.5 Å². The Bertz CT molecular complexity index is 512. The molecular weight excluding hydrogens is 270 g/mol. The number of rotatable bonds is 6. The van der Waals surface area contributed by atoms with Gasteiger partial charge in [-0.1, -0.05) is 41.9 Å². The van der Waals surface area contributed by atoms with Crippen LogP contribution >= 0.6 is 11.6 Å². The number of halogens is 1. The predicted octanol–water partition coefficient (Wildman–Crippen LogP) is 4.73. The molecule has 1 atom stereocenters. The first-order valence-corrected chi connectivity index (χ1v) is 7.26. The number of hydrogen-bond donors (Lipinski definition) is 0. The van der Waals surface area contributed by atoms with E-state index >= 15 is 0 Å². The number of benzene rings is 2. The average Bonchev–Trinajstić information content (AvgIpc) is 2.48. The fraction of sp³-hybridized carbons (Fsp3) is 0.294. The molecule has 0 amide bonds. The van der Waals surface area contributed by atoms with Gasteiger partial charge in [-0.15, -0.1) is 0 Å². The van der Waals surface area contributed by atoms with Crippen LogP contribution < -0.4 is 4.90 Å². The van der Waals surface area contributed by atoms with Crippen molar-refractivity contribution in [3.8, 4) is 0 Å². The van der Waals surface area contributed by atoms with Crippen molar-refractivity contribution >= 4 is 17.3 Å². The molecule has 0 saturated heterocycles. The third kappa shape index (κ3) is 3.99. The largest absolute Gasteiger partial charge is 0.354 e. The summed E-state index contributed by atoms with van der Waals surface area (Å²) >= 11 is 5.88. The molecule has 0 aliphatic rings. The second-order valence-corrected chi connectivity index (χ2v) is 5.09. The van der Waals surface area contributed by atoms with Crippen molar-refractivity contribution in [3.05, 3.63) is 65.2 Å². The van der Waals surface area contributed by atoms with Crippen LogP contribution in [-0.4, -0.2) is 12.8 Å². The molecule has 0 heterocycles. The molecule has 2 aromatic carbocycles. The summed E-state index contributed by atoms with van der Waals surface area (Å²) in [5, 5.41) is 0.751. The SMILES string of the molecule is CCN(c1ccccc1)C(C)OCc1ccc(Cl)cc1. The first-order chi connectivity index (χ1) is 9.70. The van der Waals surface area contributed by atoms with Crippen molar-refractivity contribution < 1.29 is 4.74 Å². The average molecular weight is 290 g/mol. The summed E-state index contributed by atoms with van der Waals surface area (Å²) in [7, 11) is 0. The Labute approximate surface area is 125 Å². The first-order valence-electron chi connectivity index (χ1n) is 6.88. The van der Waals surface area contributed by atoms with Crippen LogP contribution in [0.4, 0.5) is 5.69 Å². The van der Waals surface area contributed by atoms with Gasteiger partial charge in [0.05, 0.1) is 6.61 Å². The molecule has 0 aliphatic heterocycles. The summed E-state index contributed by atoms with van der Waals surface area (Å²) in [6, 6.07) is 18.1. The van der Waals surface area contributed by atoms with Gasteiger partial charge in [0.15, 0.2) is 0 Å². The molecule has 0 spiro atoms. The molecule has 0 saturated carbocycles. The van der Waals surface area contributed by atoms with Gasteiger partial charge in [0.1, 0.15) is 6.23 Å². The lowest BCUT2D eigenvalue weighted by molar-refractivity contribution is 0.0513. The number of hydrogen-bond acceptors (Lipinski definition) is 2. The Morgan fingerprint density at radius 3 is 2.30 bits per heavy atom. The minimum absolute atomic E-state index is 0.0260. The Morgan fingerprint density at radius 1 is 1.05 bits per heavy atom. The lowest BCUT2D eigenvalue weighted by atomic mass is 10.2. The summed E-state index contributed by atoms with van der Waals surface area (Å²) in [6.07, 6.45) is 0.0260.